The maximum Gasteiger partial charge on any atom is 0.178 e. The van der Waals surface area contributed by atoms with Crippen molar-refractivity contribution in [2.75, 3.05) is 5.75 Å². The van der Waals surface area contributed by atoms with Gasteiger partial charge in [0, 0.05) is 16.7 Å². The number of para-hydroxylation sites is 2. The van der Waals surface area contributed by atoms with Gasteiger partial charge in [0.1, 0.15) is 5.60 Å². The lowest BCUT2D eigenvalue weighted by Gasteiger charge is -2.59. The second-order valence-corrected chi connectivity index (χ2v) is 12.3. The monoisotopic (exact) mass is 492 g/mol. The fourth-order valence-corrected chi connectivity index (χ4v) is 8.89. The highest BCUT2D eigenvalue weighted by Crippen LogP contribution is 2.67. The van der Waals surface area contributed by atoms with Crippen molar-refractivity contribution in [2.45, 2.75) is 62.8 Å². The molecule has 0 radical (unpaired) electrons. The number of nitrogens with zero attached hydrogens (tertiary/aromatic N) is 1. The molecule has 6 unspecified atom stereocenters. The molecule has 7 heteroatoms. The van der Waals surface area contributed by atoms with Gasteiger partial charge in [-0.15, -0.1) is 0 Å². The van der Waals surface area contributed by atoms with Gasteiger partial charge < -0.3 is 15.2 Å². The van der Waals surface area contributed by atoms with E-state index in [0.717, 1.165) is 35.9 Å². The summed E-state index contributed by atoms with van der Waals surface area (Å²) < 4.78 is 0. The van der Waals surface area contributed by atoms with Crippen LogP contribution in [0.3, 0.4) is 0 Å². The minimum Gasteiger partial charge on any atom is -0.393 e. The van der Waals surface area contributed by atoms with Crippen molar-refractivity contribution in [3.8, 4) is 0 Å². The first kappa shape index (κ1) is 23.2. The zero-order valence-electron chi connectivity index (χ0n) is 20.2. The Hall–Kier alpha value is -2.22. The van der Waals surface area contributed by atoms with Gasteiger partial charge in [0.05, 0.1) is 22.9 Å². The van der Waals surface area contributed by atoms with E-state index in [9.17, 15) is 19.8 Å². The van der Waals surface area contributed by atoms with Gasteiger partial charge in [0.2, 0.25) is 0 Å². The van der Waals surface area contributed by atoms with E-state index in [4.69, 9.17) is 0 Å². The molecule has 3 N–H and O–H groups in total. The number of hydrogen-bond acceptors (Lipinski definition) is 6. The average Bonchev–Trinajstić information content (AvgIpc) is 3.36. The van der Waals surface area contributed by atoms with Crippen LogP contribution in [0, 0.1) is 28.6 Å². The SMILES string of the molecule is CC12C=CC(=O)C=C1CCC1C2C(O)CC2(C)C1CC[C@]2(O)C(=O)CSc1nc2ccccc2[nH]1. The summed E-state index contributed by atoms with van der Waals surface area (Å²) in [5.74, 6) is 0.336. The molecule has 2 aromatic rings. The Kier molecular flexibility index (Phi) is 5.23. The zero-order chi connectivity index (χ0) is 24.6. The van der Waals surface area contributed by atoms with Crippen molar-refractivity contribution in [3.63, 3.8) is 0 Å². The minimum absolute atomic E-state index is 0.00713. The summed E-state index contributed by atoms with van der Waals surface area (Å²) in [5.41, 5.74) is 0.407. The number of aliphatic hydroxyl groups excluding tert-OH is 1. The number of benzene rings is 1. The second-order valence-electron chi connectivity index (χ2n) is 11.4. The number of fused-ring (bicyclic) bond motifs is 6. The third-order valence-corrected chi connectivity index (χ3v) is 10.7. The highest BCUT2D eigenvalue weighted by atomic mass is 32.2. The first-order valence-corrected chi connectivity index (χ1v) is 13.6. The largest absolute Gasteiger partial charge is 0.393 e. The number of imidazole rings is 1. The number of aromatic nitrogens is 2. The maximum atomic E-state index is 13.6. The summed E-state index contributed by atoms with van der Waals surface area (Å²) in [4.78, 5) is 33.4. The molecule has 35 heavy (non-hydrogen) atoms. The number of thioether (sulfide) groups is 1. The molecule has 3 saturated carbocycles. The highest BCUT2D eigenvalue weighted by Gasteiger charge is 2.67. The Labute approximate surface area is 209 Å². The van der Waals surface area contributed by atoms with E-state index in [1.54, 1.807) is 12.2 Å². The molecule has 0 aliphatic heterocycles. The van der Waals surface area contributed by atoms with Gasteiger partial charge in [-0.3, -0.25) is 9.59 Å². The van der Waals surface area contributed by atoms with Crippen LogP contribution < -0.4 is 0 Å². The van der Waals surface area contributed by atoms with Crippen molar-refractivity contribution in [2.24, 2.45) is 28.6 Å². The summed E-state index contributed by atoms with van der Waals surface area (Å²) in [6, 6.07) is 7.75. The molecular formula is C28H32N2O4S. The number of aromatic amines is 1. The van der Waals surface area contributed by atoms with E-state index in [0.29, 0.717) is 18.0 Å². The van der Waals surface area contributed by atoms with Gasteiger partial charge in [0.15, 0.2) is 16.7 Å². The molecule has 1 aromatic carbocycles. The number of ketones is 2. The lowest BCUT2D eigenvalue weighted by atomic mass is 9.46. The molecule has 1 heterocycles. The van der Waals surface area contributed by atoms with Gasteiger partial charge in [-0.25, -0.2) is 4.98 Å². The van der Waals surface area contributed by atoms with E-state index in [-0.39, 0.29) is 40.5 Å². The van der Waals surface area contributed by atoms with Gasteiger partial charge >= 0.3 is 0 Å². The van der Waals surface area contributed by atoms with Crippen LogP contribution in [-0.2, 0) is 9.59 Å². The van der Waals surface area contributed by atoms with E-state index < -0.39 is 17.1 Å². The lowest BCUT2D eigenvalue weighted by Crippen LogP contribution is -2.61. The summed E-state index contributed by atoms with van der Waals surface area (Å²) in [7, 11) is 0. The molecular weight excluding hydrogens is 460 g/mol. The molecule has 0 bridgehead atoms. The number of aliphatic hydroxyl groups is 2. The standard InChI is InChI=1S/C28H32N2O4S/c1-26-11-9-17(31)13-16(26)7-8-18-19-10-12-28(34,27(19,2)14-22(32)24(18)26)23(33)15-35-25-29-20-5-3-4-6-21(20)30-25/h3-6,9,11,13,18-19,22,24,32,34H,7-8,10,12,14-15H2,1-2H3,(H,29,30)/t18?,19?,22?,24?,26?,27?,28-/m0/s1. The van der Waals surface area contributed by atoms with Crippen molar-refractivity contribution in [1.29, 1.82) is 0 Å². The Bertz CT molecular complexity index is 1250. The molecule has 6 rings (SSSR count). The van der Waals surface area contributed by atoms with E-state index in [2.05, 4.69) is 16.9 Å². The number of rotatable bonds is 4. The second kappa shape index (κ2) is 7.89. The third kappa shape index (κ3) is 3.27. The fourth-order valence-electron chi connectivity index (χ4n) is 8.04. The van der Waals surface area contributed by atoms with E-state index >= 15 is 0 Å². The zero-order valence-corrected chi connectivity index (χ0v) is 21.0. The molecule has 1 aromatic heterocycles. The first-order valence-electron chi connectivity index (χ1n) is 12.6. The van der Waals surface area contributed by atoms with Crippen molar-refractivity contribution < 1.29 is 19.8 Å². The molecule has 0 saturated heterocycles. The number of H-pyrrole nitrogens is 1. The topological polar surface area (TPSA) is 103 Å². The number of carbonyl (C=O) groups is 2. The predicted octanol–water partition coefficient (Wildman–Crippen LogP) is 4.23. The number of carbonyl (C=O) groups excluding carboxylic acids is 2. The van der Waals surface area contributed by atoms with Gasteiger partial charge in [-0.05, 0) is 68.2 Å². The van der Waals surface area contributed by atoms with Crippen LogP contribution in [0.1, 0.15) is 46.0 Å². The van der Waals surface area contributed by atoms with Gasteiger partial charge in [-0.1, -0.05) is 49.4 Å². The minimum atomic E-state index is -1.46. The molecule has 7 atom stereocenters. The third-order valence-electron chi connectivity index (χ3n) is 9.82. The van der Waals surface area contributed by atoms with Crippen LogP contribution in [0.15, 0.2) is 53.2 Å². The van der Waals surface area contributed by atoms with Crippen LogP contribution in [-0.4, -0.2) is 49.2 Å². The van der Waals surface area contributed by atoms with Crippen molar-refractivity contribution in [1.82, 2.24) is 9.97 Å². The Morgan fingerprint density at radius 1 is 1.26 bits per heavy atom. The van der Waals surface area contributed by atoms with Crippen molar-refractivity contribution in [3.05, 3.63) is 48.1 Å². The van der Waals surface area contributed by atoms with Crippen LogP contribution in [0.25, 0.3) is 11.0 Å². The maximum absolute atomic E-state index is 13.6. The van der Waals surface area contributed by atoms with Gasteiger partial charge in [-0.2, -0.15) is 0 Å². The van der Waals surface area contributed by atoms with Gasteiger partial charge in [0.25, 0.3) is 0 Å². The number of Topliss-reactive ketones (excluding diaryl/α,β-unsaturated/α-hetero) is 1. The molecule has 0 spiro atoms. The summed E-state index contributed by atoms with van der Waals surface area (Å²) >= 11 is 1.33. The lowest BCUT2D eigenvalue weighted by molar-refractivity contribution is -0.174. The predicted molar refractivity (Wildman–Crippen MR) is 135 cm³/mol. The number of allylic oxidation sites excluding steroid dienone is 4. The molecule has 3 fully saturated rings. The molecule has 4 aliphatic rings. The Balaban J connectivity index is 1.25. The van der Waals surface area contributed by atoms with Crippen LogP contribution in [0.4, 0.5) is 0 Å². The molecule has 6 nitrogen and oxygen atoms in total. The Morgan fingerprint density at radius 3 is 2.86 bits per heavy atom. The Morgan fingerprint density at radius 2 is 2.06 bits per heavy atom. The van der Waals surface area contributed by atoms with Crippen LogP contribution in [0.2, 0.25) is 0 Å². The number of nitrogens with one attached hydrogen (secondary N) is 1. The van der Waals surface area contributed by atoms with Crippen LogP contribution >= 0.6 is 11.8 Å². The first-order chi connectivity index (χ1) is 16.7. The summed E-state index contributed by atoms with van der Waals surface area (Å²) in [6.45, 7) is 4.16. The molecule has 0 amide bonds. The number of hydrogen-bond donors (Lipinski definition) is 3. The molecule has 4 aliphatic carbocycles. The normalized spacial score (nSPS) is 40.2. The average molecular weight is 493 g/mol. The van der Waals surface area contributed by atoms with E-state index in [1.165, 1.54) is 11.8 Å². The summed E-state index contributed by atoms with van der Waals surface area (Å²) in [5, 5.41) is 24.1. The fraction of sp³-hybridized carbons (Fsp3) is 0.536. The molecule has 184 valence electrons. The van der Waals surface area contributed by atoms with E-state index in [1.807, 2.05) is 37.3 Å². The van der Waals surface area contributed by atoms with Crippen LogP contribution in [0.5, 0.6) is 0 Å². The highest BCUT2D eigenvalue weighted by molar-refractivity contribution is 7.99. The summed E-state index contributed by atoms with van der Waals surface area (Å²) in [6.07, 6.45) is 8.02. The smallest absolute Gasteiger partial charge is 0.178 e. The quantitative estimate of drug-likeness (QED) is 0.552. The van der Waals surface area contributed by atoms with Crippen molar-refractivity contribution >= 4 is 34.4 Å².